The molecular formula is C31H55N5O5. The van der Waals surface area contributed by atoms with Crippen molar-refractivity contribution in [2.45, 2.75) is 117 Å². The van der Waals surface area contributed by atoms with Gasteiger partial charge in [0.25, 0.3) is 5.91 Å². The fourth-order valence-corrected chi connectivity index (χ4v) is 4.51. The Hall–Kier alpha value is -3.35. The van der Waals surface area contributed by atoms with Crippen molar-refractivity contribution in [1.29, 1.82) is 0 Å². The molecular weight excluding hydrogens is 522 g/mol. The van der Waals surface area contributed by atoms with Crippen LogP contribution in [-0.4, -0.2) is 73.2 Å². The summed E-state index contributed by atoms with van der Waals surface area (Å²) in [4.78, 5) is 59.4. The molecule has 3 atom stereocenters. The maximum Gasteiger partial charge on any atom is 0.315 e. The molecule has 2 fully saturated rings. The number of likely N-dealkylation sites (tertiary alicyclic amines) is 1. The minimum atomic E-state index is -0.863. The summed E-state index contributed by atoms with van der Waals surface area (Å²) in [5.41, 5.74) is 0. The van der Waals surface area contributed by atoms with Crippen LogP contribution in [0.1, 0.15) is 98.8 Å². The normalized spacial score (nSPS) is 17.1. The molecule has 10 nitrogen and oxygen atoms in total. The molecule has 1 saturated heterocycles. The molecule has 4 N–H and O–H groups in total. The highest BCUT2D eigenvalue weighted by molar-refractivity contribution is 6.38. The average molecular weight is 578 g/mol. The Bertz CT molecular complexity index is 820. The first-order chi connectivity index (χ1) is 19.7. The molecule has 0 bridgehead atoms. The number of nitrogens with zero attached hydrogens (tertiary/aromatic N) is 1. The number of carbonyl (C=O) groups is 5. The number of terminal acetylenes is 1. The van der Waals surface area contributed by atoms with Crippen LogP contribution in [0.5, 0.6) is 0 Å². The number of hydrogen-bond donors (Lipinski definition) is 4. The zero-order valence-electron chi connectivity index (χ0n) is 26.2. The van der Waals surface area contributed by atoms with Crippen LogP contribution in [0, 0.1) is 18.3 Å². The van der Waals surface area contributed by atoms with E-state index in [4.69, 9.17) is 6.42 Å². The number of ketones is 1. The van der Waals surface area contributed by atoms with Gasteiger partial charge in [-0.25, -0.2) is 4.79 Å². The lowest BCUT2D eigenvalue weighted by Crippen LogP contribution is -2.55. The first kappa shape index (κ1) is 39.8. The van der Waals surface area contributed by atoms with Gasteiger partial charge in [0.15, 0.2) is 0 Å². The van der Waals surface area contributed by atoms with Crippen molar-refractivity contribution in [1.82, 2.24) is 26.2 Å². The molecule has 3 unspecified atom stereocenters. The van der Waals surface area contributed by atoms with Gasteiger partial charge in [0.2, 0.25) is 18.1 Å². The summed E-state index contributed by atoms with van der Waals surface area (Å²) < 4.78 is 0. The molecule has 0 radical (unpaired) electrons. The van der Waals surface area contributed by atoms with Gasteiger partial charge in [-0.1, -0.05) is 59.5 Å². The molecule has 2 rings (SSSR count). The molecule has 0 aromatic heterocycles. The zero-order chi connectivity index (χ0) is 31.6. The Labute approximate surface area is 248 Å². The van der Waals surface area contributed by atoms with Crippen molar-refractivity contribution in [3.63, 3.8) is 0 Å². The van der Waals surface area contributed by atoms with Crippen LogP contribution in [0.25, 0.3) is 0 Å². The molecule has 5 amide bonds. The van der Waals surface area contributed by atoms with Gasteiger partial charge >= 0.3 is 6.03 Å². The summed E-state index contributed by atoms with van der Waals surface area (Å²) in [5, 5.41) is 10.1. The van der Waals surface area contributed by atoms with Crippen LogP contribution in [0.4, 0.5) is 4.79 Å². The summed E-state index contributed by atoms with van der Waals surface area (Å²) in [6, 6.07) is -1.16. The van der Waals surface area contributed by atoms with Crippen LogP contribution in [0.3, 0.4) is 0 Å². The second-order valence-corrected chi connectivity index (χ2v) is 9.77. The summed E-state index contributed by atoms with van der Waals surface area (Å²) in [5.74, 6) is 1.29. The maximum absolute atomic E-state index is 12.8. The fraction of sp³-hybridized carbons (Fsp3) is 0.710. The second-order valence-electron chi connectivity index (χ2n) is 9.77. The number of rotatable bonds is 11. The molecule has 234 valence electrons. The van der Waals surface area contributed by atoms with Crippen LogP contribution in [0.15, 0.2) is 12.7 Å². The Morgan fingerprint density at radius 3 is 2.15 bits per heavy atom. The third-order valence-electron chi connectivity index (χ3n) is 6.53. The molecule has 0 aromatic carbocycles. The van der Waals surface area contributed by atoms with Crippen molar-refractivity contribution in [2.75, 3.05) is 20.1 Å². The molecule has 1 heterocycles. The Kier molecular flexibility index (Phi) is 24.9. The first-order valence-corrected chi connectivity index (χ1v) is 15.1. The predicted molar refractivity (Wildman–Crippen MR) is 165 cm³/mol. The standard InChI is InChI=1S/C15H27N3O2.C11H14N2O3.C3H8.C2H6/c1-11-7-6-10-18(11)14(19)13(17-15(20)16-2)12-8-4-3-5-9-12;1-3-5-6-9(13-8-14)10(15)11(16)12-7-4-2;1-3-2;1-2/h11-13H,3-10H2,1-2H3,(H2,16,17,20);1,4,8-9H,2,5-7H2,(H,12,16)(H,13,14);3H2,1-2H3;1-2H3. The third kappa shape index (κ3) is 16.5. The highest BCUT2D eigenvalue weighted by atomic mass is 16.2. The predicted octanol–water partition coefficient (Wildman–Crippen LogP) is 3.70. The number of carbonyl (C=O) groups excluding carboxylic acids is 5. The summed E-state index contributed by atoms with van der Waals surface area (Å²) in [6.07, 6.45) is 16.5. The molecule has 1 aliphatic heterocycles. The van der Waals surface area contributed by atoms with Gasteiger partial charge in [0, 0.05) is 32.6 Å². The number of urea groups is 1. The van der Waals surface area contributed by atoms with E-state index in [0.29, 0.717) is 24.8 Å². The highest BCUT2D eigenvalue weighted by Gasteiger charge is 2.36. The van der Waals surface area contributed by atoms with E-state index >= 15 is 0 Å². The van der Waals surface area contributed by atoms with E-state index in [1.165, 1.54) is 31.8 Å². The largest absolute Gasteiger partial charge is 0.348 e. The second kappa shape index (κ2) is 25.6. The number of nitrogens with one attached hydrogen (secondary N) is 4. The van der Waals surface area contributed by atoms with Crippen molar-refractivity contribution in [3.05, 3.63) is 12.7 Å². The summed E-state index contributed by atoms with van der Waals surface area (Å²) >= 11 is 0. The molecule has 1 aliphatic carbocycles. The SMILES string of the molecule is C#CCCC(NC=O)C(=O)C(=O)NCC=C.CC.CCC.CNC(=O)NC(C(=O)N1CCCC1C)C1CCCCC1. The lowest BCUT2D eigenvalue weighted by atomic mass is 9.83. The van der Waals surface area contributed by atoms with E-state index in [0.717, 1.165) is 32.2 Å². The topological polar surface area (TPSA) is 137 Å². The quantitative estimate of drug-likeness (QED) is 0.128. The van der Waals surface area contributed by atoms with E-state index in [9.17, 15) is 24.0 Å². The molecule has 2 aliphatic rings. The first-order valence-electron chi connectivity index (χ1n) is 15.1. The Balaban J connectivity index is 0. The highest BCUT2D eigenvalue weighted by Crippen LogP contribution is 2.29. The van der Waals surface area contributed by atoms with Crippen LogP contribution in [0.2, 0.25) is 0 Å². The van der Waals surface area contributed by atoms with Gasteiger partial charge in [-0.15, -0.1) is 18.9 Å². The maximum atomic E-state index is 12.8. The molecule has 0 aromatic rings. The third-order valence-corrected chi connectivity index (χ3v) is 6.53. The van der Waals surface area contributed by atoms with Gasteiger partial charge < -0.3 is 26.2 Å². The number of amides is 5. The van der Waals surface area contributed by atoms with E-state index in [1.807, 2.05) is 18.7 Å². The van der Waals surface area contributed by atoms with Crippen LogP contribution >= 0.6 is 0 Å². The van der Waals surface area contributed by atoms with E-state index < -0.39 is 17.7 Å². The van der Waals surface area contributed by atoms with Gasteiger partial charge in [-0.3, -0.25) is 19.2 Å². The van der Waals surface area contributed by atoms with E-state index in [-0.39, 0.29) is 30.9 Å². The van der Waals surface area contributed by atoms with E-state index in [1.54, 1.807) is 7.05 Å². The fourth-order valence-electron chi connectivity index (χ4n) is 4.51. The van der Waals surface area contributed by atoms with Crippen molar-refractivity contribution in [3.8, 4) is 12.3 Å². The van der Waals surface area contributed by atoms with E-state index in [2.05, 4.69) is 54.5 Å². The Morgan fingerprint density at radius 2 is 1.68 bits per heavy atom. The smallest absolute Gasteiger partial charge is 0.315 e. The van der Waals surface area contributed by atoms with Gasteiger partial charge in [0.1, 0.15) is 6.04 Å². The van der Waals surface area contributed by atoms with Crippen LogP contribution < -0.4 is 21.3 Å². The number of Topliss-reactive ketones (excluding diaryl/α,β-unsaturated/α-hetero) is 1. The minimum Gasteiger partial charge on any atom is -0.348 e. The lowest BCUT2D eigenvalue weighted by molar-refractivity contribution is -0.139. The van der Waals surface area contributed by atoms with Crippen molar-refractivity contribution in [2.24, 2.45) is 5.92 Å². The van der Waals surface area contributed by atoms with Crippen LogP contribution in [-0.2, 0) is 19.2 Å². The molecule has 10 heteroatoms. The van der Waals surface area contributed by atoms with Gasteiger partial charge in [-0.2, -0.15) is 0 Å². The molecule has 41 heavy (non-hydrogen) atoms. The van der Waals surface area contributed by atoms with Crippen molar-refractivity contribution >= 4 is 30.0 Å². The molecule has 0 spiro atoms. The summed E-state index contributed by atoms with van der Waals surface area (Å²) in [7, 11) is 1.59. The average Bonchev–Trinajstić information content (AvgIpc) is 3.43. The monoisotopic (exact) mass is 577 g/mol. The Morgan fingerprint density at radius 1 is 1.07 bits per heavy atom. The van der Waals surface area contributed by atoms with Gasteiger partial charge in [-0.05, 0) is 44.9 Å². The zero-order valence-corrected chi connectivity index (χ0v) is 26.2. The lowest BCUT2D eigenvalue weighted by Gasteiger charge is -2.34. The van der Waals surface area contributed by atoms with Gasteiger partial charge in [0.05, 0.1) is 6.04 Å². The minimum absolute atomic E-state index is 0.116. The summed E-state index contributed by atoms with van der Waals surface area (Å²) in [6.45, 7) is 14.8. The molecule has 1 saturated carbocycles. The number of hydrogen-bond acceptors (Lipinski definition) is 5. The van der Waals surface area contributed by atoms with Crippen molar-refractivity contribution < 1.29 is 24.0 Å².